The van der Waals surface area contributed by atoms with Gasteiger partial charge in [-0.2, -0.15) is 0 Å². The number of nitrogens with two attached hydrogens (primary N) is 1. The van der Waals surface area contributed by atoms with Gasteiger partial charge in [-0.3, -0.25) is 4.79 Å². The van der Waals surface area contributed by atoms with E-state index >= 15 is 0 Å². The Morgan fingerprint density at radius 2 is 2.06 bits per heavy atom. The zero-order chi connectivity index (χ0) is 12.0. The normalized spacial score (nSPS) is 12.1. The van der Waals surface area contributed by atoms with E-state index in [9.17, 15) is 4.79 Å². The molecule has 0 saturated carbocycles. The molecule has 0 aliphatic carbocycles. The Kier molecular flexibility index (Phi) is 4.86. The number of rotatable bonds is 6. The number of carboxylic acids is 1. The maximum Gasteiger partial charge on any atom is 0.320 e. The Morgan fingerprint density at radius 1 is 1.44 bits per heavy atom. The Labute approximate surface area is 95.8 Å². The Hall–Kier alpha value is -1.49. The second-order valence-electron chi connectivity index (χ2n) is 3.64. The highest BCUT2D eigenvalue weighted by atomic mass is 16.5. The Bertz CT molecular complexity index is 340. The molecule has 0 aliphatic rings. The second-order valence-corrected chi connectivity index (χ2v) is 3.64. The molecule has 1 aromatic rings. The van der Waals surface area contributed by atoms with Crippen LogP contribution in [0.1, 0.15) is 5.56 Å². The number of hydrogen-bond acceptors (Lipinski definition) is 3. The monoisotopic (exact) mass is 221 g/mol. The highest BCUT2D eigenvalue weighted by molar-refractivity contribution is 6.08. The zero-order valence-corrected chi connectivity index (χ0v) is 9.35. The smallest absolute Gasteiger partial charge is 0.320 e. The van der Waals surface area contributed by atoms with Gasteiger partial charge in [0.05, 0.1) is 6.61 Å². The average molecular weight is 221 g/mol. The molecule has 0 radical (unpaired) electrons. The quantitative estimate of drug-likeness (QED) is 0.667. The van der Waals surface area contributed by atoms with E-state index in [4.69, 9.17) is 15.6 Å². The van der Waals surface area contributed by atoms with Gasteiger partial charge in [0.15, 0.2) is 0 Å². The van der Waals surface area contributed by atoms with Crippen LogP contribution in [-0.2, 0) is 11.2 Å². The zero-order valence-electron chi connectivity index (χ0n) is 9.35. The molecule has 86 valence electrons. The van der Waals surface area contributed by atoms with Gasteiger partial charge in [-0.25, -0.2) is 0 Å². The molecular formula is C11H16BNO3. The van der Waals surface area contributed by atoms with Crippen molar-refractivity contribution < 1.29 is 14.6 Å². The van der Waals surface area contributed by atoms with Crippen molar-refractivity contribution in [2.24, 2.45) is 5.73 Å². The van der Waals surface area contributed by atoms with Gasteiger partial charge in [0.1, 0.15) is 19.6 Å². The molecule has 0 heterocycles. The molecule has 0 bridgehead atoms. The molecule has 16 heavy (non-hydrogen) atoms. The minimum atomic E-state index is -0.980. The maximum absolute atomic E-state index is 10.6. The topological polar surface area (TPSA) is 72.5 Å². The number of carboxylic acid groups (broad SMARTS) is 1. The third-order valence-corrected chi connectivity index (χ3v) is 2.17. The lowest BCUT2D eigenvalue weighted by molar-refractivity contribution is -0.138. The van der Waals surface area contributed by atoms with Gasteiger partial charge in [0.25, 0.3) is 0 Å². The first-order chi connectivity index (χ1) is 7.63. The van der Waals surface area contributed by atoms with Gasteiger partial charge < -0.3 is 15.6 Å². The van der Waals surface area contributed by atoms with E-state index in [0.717, 1.165) is 17.6 Å². The Morgan fingerprint density at radius 3 is 2.56 bits per heavy atom. The van der Waals surface area contributed by atoms with Crippen LogP contribution >= 0.6 is 0 Å². The van der Waals surface area contributed by atoms with Crippen molar-refractivity contribution in [1.82, 2.24) is 0 Å². The summed E-state index contributed by atoms with van der Waals surface area (Å²) >= 11 is 0. The predicted molar refractivity (Wildman–Crippen MR) is 64.6 cm³/mol. The molecule has 0 aromatic heterocycles. The van der Waals surface area contributed by atoms with E-state index in [1.54, 1.807) is 0 Å². The molecule has 3 N–H and O–H groups in total. The number of ether oxygens (including phenoxy) is 1. The Balaban J connectivity index is 2.54. The van der Waals surface area contributed by atoms with Crippen LogP contribution in [0.3, 0.4) is 0 Å². The number of benzene rings is 1. The van der Waals surface area contributed by atoms with E-state index in [1.165, 1.54) is 0 Å². The summed E-state index contributed by atoms with van der Waals surface area (Å²) in [5.41, 5.74) is 6.34. The van der Waals surface area contributed by atoms with E-state index < -0.39 is 12.0 Å². The van der Waals surface area contributed by atoms with Crippen LogP contribution < -0.4 is 10.5 Å². The van der Waals surface area contributed by atoms with Crippen molar-refractivity contribution in [3.63, 3.8) is 0 Å². The highest BCUT2D eigenvalue weighted by Gasteiger charge is 2.11. The molecule has 4 nitrogen and oxygen atoms in total. The lowest BCUT2D eigenvalue weighted by atomic mass is 10.1. The third kappa shape index (κ3) is 3.94. The molecule has 1 rings (SSSR count). The summed E-state index contributed by atoms with van der Waals surface area (Å²) in [6.07, 6.45) is 1.30. The first-order valence-corrected chi connectivity index (χ1v) is 5.33. The maximum atomic E-state index is 10.6. The van der Waals surface area contributed by atoms with Gasteiger partial charge in [-0.1, -0.05) is 12.1 Å². The number of aliphatic carboxylic acids is 1. The molecule has 1 atom stereocenters. The van der Waals surface area contributed by atoms with Gasteiger partial charge in [-0.05, 0) is 30.4 Å². The molecule has 5 heteroatoms. The largest absolute Gasteiger partial charge is 0.494 e. The van der Waals surface area contributed by atoms with Crippen LogP contribution in [0.4, 0.5) is 0 Å². The van der Waals surface area contributed by atoms with Crippen molar-refractivity contribution in [2.45, 2.75) is 18.8 Å². The molecule has 0 amide bonds. The first kappa shape index (κ1) is 12.6. The summed E-state index contributed by atoms with van der Waals surface area (Å²) < 4.78 is 5.42. The minimum Gasteiger partial charge on any atom is -0.494 e. The van der Waals surface area contributed by atoms with Crippen LogP contribution in [0.2, 0.25) is 6.32 Å². The van der Waals surface area contributed by atoms with Crippen molar-refractivity contribution >= 4 is 13.8 Å². The molecule has 0 fully saturated rings. The summed E-state index contributed by atoms with van der Waals surface area (Å²) in [6, 6.07) is 6.50. The van der Waals surface area contributed by atoms with E-state index in [-0.39, 0.29) is 0 Å². The van der Waals surface area contributed by atoms with Crippen LogP contribution in [0.5, 0.6) is 5.75 Å². The first-order valence-electron chi connectivity index (χ1n) is 5.33. The summed E-state index contributed by atoms with van der Waals surface area (Å²) in [7, 11) is 2.04. The summed E-state index contributed by atoms with van der Waals surface area (Å²) in [4.78, 5) is 10.6. The van der Waals surface area contributed by atoms with Crippen LogP contribution in [0, 0.1) is 0 Å². The average Bonchev–Trinajstić information content (AvgIpc) is 2.28. The number of carbonyl (C=O) groups is 1. The highest BCUT2D eigenvalue weighted by Crippen LogP contribution is 2.13. The van der Waals surface area contributed by atoms with E-state index in [0.29, 0.717) is 13.0 Å². The van der Waals surface area contributed by atoms with Crippen LogP contribution in [0.15, 0.2) is 24.3 Å². The van der Waals surface area contributed by atoms with Crippen molar-refractivity contribution in [3.8, 4) is 5.75 Å². The summed E-state index contributed by atoms with van der Waals surface area (Å²) in [5, 5.41) is 8.66. The fourth-order valence-electron chi connectivity index (χ4n) is 1.28. The van der Waals surface area contributed by atoms with Crippen molar-refractivity contribution in [1.29, 1.82) is 0 Å². The molecule has 0 saturated heterocycles. The lowest BCUT2D eigenvalue weighted by Gasteiger charge is -2.08. The number of hydrogen-bond donors (Lipinski definition) is 2. The van der Waals surface area contributed by atoms with Crippen molar-refractivity contribution in [2.75, 3.05) is 6.61 Å². The van der Waals surface area contributed by atoms with Gasteiger partial charge in [-0.15, -0.1) is 0 Å². The third-order valence-electron chi connectivity index (χ3n) is 2.17. The van der Waals surface area contributed by atoms with Gasteiger partial charge >= 0.3 is 5.97 Å². The van der Waals surface area contributed by atoms with Crippen LogP contribution in [-0.4, -0.2) is 31.6 Å². The van der Waals surface area contributed by atoms with Crippen molar-refractivity contribution in [3.05, 3.63) is 29.8 Å². The fourth-order valence-corrected chi connectivity index (χ4v) is 1.28. The van der Waals surface area contributed by atoms with Crippen LogP contribution in [0.25, 0.3) is 0 Å². The van der Waals surface area contributed by atoms with Gasteiger partial charge in [0.2, 0.25) is 0 Å². The molecular weight excluding hydrogens is 205 g/mol. The minimum absolute atomic E-state index is 0.337. The molecule has 0 spiro atoms. The summed E-state index contributed by atoms with van der Waals surface area (Å²) in [6.45, 7) is 0.688. The fraction of sp³-hybridized carbons (Fsp3) is 0.364. The summed E-state index contributed by atoms with van der Waals surface area (Å²) in [5.74, 6) is -0.180. The molecule has 0 aliphatic heterocycles. The van der Waals surface area contributed by atoms with E-state index in [1.807, 2.05) is 32.1 Å². The lowest BCUT2D eigenvalue weighted by Crippen LogP contribution is -2.32. The van der Waals surface area contributed by atoms with Gasteiger partial charge in [0, 0.05) is 0 Å². The standard InChI is InChI=1S/C11H16BNO3/c12-5-6-16-9-3-1-8(2-4-9)7-10(13)11(14)15/h1-4,10H,5-7,12-13H2,(H,14,15)/t10-/m0/s1. The second kappa shape index (κ2) is 6.17. The SMILES string of the molecule is BCCOc1ccc(C[C@H](N)C(=O)O)cc1. The predicted octanol–water partition coefficient (Wildman–Crippen LogP) is 0.0712. The molecule has 0 unspecified atom stereocenters. The molecule has 1 aromatic carbocycles. The van der Waals surface area contributed by atoms with E-state index in [2.05, 4.69) is 0 Å².